The van der Waals surface area contributed by atoms with Crippen LogP contribution in [0.2, 0.25) is 5.02 Å². The first-order valence-electron chi connectivity index (χ1n) is 12.0. The van der Waals surface area contributed by atoms with E-state index < -0.39 is 17.7 Å². The van der Waals surface area contributed by atoms with E-state index in [0.717, 1.165) is 28.1 Å². The van der Waals surface area contributed by atoms with E-state index in [0.29, 0.717) is 36.7 Å². The van der Waals surface area contributed by atoms with Gasteiger partial charge in [0.2, 0.25) is 0 Å². The number of rotatable bonds is 6. The Morgan fingerprint density at radius 3 is 2.33 bits per heavy atom. The van der Waals surface area contributed by atoms with Crippen molar-refractivity contribution in [1.82, 2.24) is 5.32 Å². The summed E-state index contributed by atoms with van der Waals surface area (Å²) in [5, 5.41) is 7.22. The molecule has 2 N–H and O–H groups in total. The maximum Gasteiger partial charge on any atom is 0.309 e. The lowest BCUT2D eigenvalue weighted by molar-refractivity contribution is -0.225. The normalized spacial score (nSPS) is 16.8. The third-order valence-electron chi connectivity index (χ3n) is 6.31. The molecule has 1 saturated heterocycles. The number of hydrogen-bond donors (Lipinski definition) is 2. The average Bonchev–Trinajstić information content (AvgIpc) is 3.15. The molecular weight excluding hydrogens is 480 g/mol. The van der Waals surface area contributed by atoms with E-state index in [9.17, 15) is 9.59 Å². The molecule has 0 radical (unpaired) electrons. The van der Waals surface area contributed by atoms with Crippen LogP contribution in [0.15, 0.2) is 66.7 Å². The van der Waals surface area contributed by atoms with Crippen molar-refractivity contribution < 1.29 is 23.8 Å². The molecule has 7 nitrogen and oxygen atoms in total. The molecule has 2 aliphatic rings. The highest BCUT2D eigenvalue weighted by Gasteiger charge is 2.45. The van der Waals surface area contributed by atoms with Crippen LogP contribution in [0.5, 0.6) is 5.75 Å². The summed E-state index contributed by atoms with van der Waals surface area (Å²) in [6.07, 6.45) is 0.626. The van der Waals surface area contributed by atoms with Crippen LogP contribution >= 0.6 is 11.6 Å². The molecule has 2 aliphatic heterocycles. The van der Waals surface area contributed by atoms with Crippen molar-refractivity contribution >= 4 is 29.2 Å². The zero-order chi connectivity index (χ0) is 25.0. The zero-order valence-corrected chi connectivity index (χ0v) is 20.5. The third-order valence-corrected chi connectivity index (χ3v) is 6.63. The lowest BCUT2D eigenvalue weighted by atomic mass is 9.96. The molecule has 0 atom stereocenters. The van der Waals surface area contributed by atoms with E-state index >= 15 is 0 Å². The molecule has 186 valence electrons. The average molecular weight is 507 g/mol. The molecule has 0 aliphatic carbocycles. The molecule has 5 rings (SSSR count). The molecule has 3 aromatic rings. The minimum Gasteiger partial charge on any atom is -0.489 e. The number of nitrogens with one attached hydrogen (secondary N) is 2. The summed E-state index contributed by atoms with van der Waals surface area (Å²) in [7, 11) is 0. The lowest BCUT2D eigenvalue weighted by Crippen LogP contribution is -2.43. The Bertz CT molecular complexity index is 1230. The maximum atomic E-state index is 12.3. The Hall–Kier alpha value is -3.55. The largest absolute Gasteiger partial charge is 0.489 e. The van der Waals surface area contributed by atoms with Crippen LogP contribution in [0.3, 0.4) is 0 Å². The summed E-state index contributed by atoms with van der Waals surface area (Å²) in [5.74, 6) is -1.64. The summed E-state index contributed by atoms with van der Waals surface area (Å²) in [6, 6.07) is 21.4. The molecule has 0 bridgehead atoms. The molecular formula is C28H27ClN2O5. The Labute approximate surface area is 214 Å². The maximum absolute atomic E-state index is 12.3. The number of benzene rings is 3. The molecule has 0 unspecified atom stereocenters. The van der Waals surface area contributed by atoms with Gasteiger partial charge in [-0.1, -0.05) is 54.1 Å². The summed E-state index contributed by atoms with van der Waals surface area (Å²) in [5.41, 5.74) is 4.38. The van der Waals surface area contributed by atoms with Crippen molar-refractivity contribution in [3.05, 3.63) is 94.0 Å². The quantitative estimate of drug-likeness (QED) is 0.468. The Morgan fingerprint density at radius 1 is 0.889 bits per heavy atom. The minimum absolute atomic E-state index is 0.000326. The number of anilines is 1. The number of carbonyl (C=O) groups excluding carboxylic acids is 2. The van der Waals surface area contributed by atoms with Gasteiger partial charge < -0.3 is 24.8 Å². The van der Waals surface area contributed by atoms with Gasteiger partial charge in [0.25, 0.3) is 5.79 Å². The number of fused-ring (bicyclic) bond motifs is 2. The van der Waals surface area contributed by atoms with Gasteiger partial charge in [0.05, 0.1) is 30.1 Å². The molecule has 0 aromatic heterocycles. The van der Waals surface area contributed by atoms with E-state index in [-0.39, 0.29) is 19.4 Å². The molecule has 36 heavy (non-hydrogen) atoms. The molecule has 2 heterocycles. The number of ether oxygens (including phenoxy) is 3. The van der Waals surface area contributed by atoms with E-state index in [4.69, 9.17) is 25.8 Å². The summed E-state index contributed by atoms with van der Waals surface area (Å²) in [4.78, 5) is 24.6. The van der Waals surface area contributed by atoms with Crippen molar-refractivity contribution in [3.8, 4) is 5.75 Å². The Kier molecular flexibility index (Phi) is 7.11. The molecule has 0 amide bonds. The van der Waals surface area contributed by atoms with Crippen molar-refractivity contribution in [2.45, 2.75) is 38.2 Å². The highest BCUT2D eigenvalue weighted by atomic mass is 35.5. The van der Waals surface area contributed by atoms with Crippen molar-refractivity contribution in [2.24, 2.45) is 0 Å². The van der Waals surface area contributed by atoms with Gasteiger partial charge in [-0.05, 0) is 53.9 Å². The topological polar surface area (TPSA) is 85.9 Å². The summed E-state index contributed by atoms with van der Waals surface area (Å²) >= 11 is 6.60. The van der Waals surface area contributed by atoms with Crippen molar-refractivity contribution in [3.63, 3.8) is 0 Å². The Morgan fingerprint density at radius 2 is 1.61 bits per heavy atom. The number of halogens is 1. The SMILES string of the molecule is O=C1CCC(=O)OC2(CNCCc3c2ccc(Cl)c3NCc2ccc(OCc3ccccc3)cc2)O1. The van der Waals surface area contributed by atoms with Gasteiger partial charge in [-0.25, -0.2) is 0 Å². The fraction of sp³-hybridized carbons (Fsp3) is 0.286. The van der Waals surface area contributed by atoms with E-state index in [2.05, 4.69) is 10.6 Å². The molecule has 0 saturated carbocycles. The van der Waals surface area contributed by atoms with Gasteiger partial charge in [-0.2, -0.15) is 0 Å². The van der Waals surface area contributed by atoms with Crippen LogP contribution in [0, 0.1) is 0 Å². The molecule has 8 heteroatoms. The monoisotopic (exact) mass is 506 g/mol. The number of esters is 2. The van der Waals surface area contributed by atoms with Crippen LogP contribution in [0.25, 0.3) is 0 Å². The predicted molar refractivity (Wildman–Crippen MR) is 136 cm³/mol. The number of hydrogen-bond acceptors (Lipinski definition) is 7. The first kappa shape index (κ1) is 24.2. The second-order valence-electron chi connectivity index (χ2n) is 8.85. The predicted octanol–water partition coefficient (Wildman–Crippen LogP) is 4.71. The van der Waals surface area contributed by atoms with Crippen LogP contribution < -0.4 is 15.4 Å². The van der Waals surface area contributed by atoms with Gasteiger partial charge in [0, 0.05) is 12.1 Å². The number of carbonyl (C=O) groups is 2. The van der Waals surface area contributed by atoms with Crippen molar-refractivity contribution in [1.29, 1.82) is 0 Å². The van der Waals surface area contributed by atoms with Gasteiger partial charge in [0.1, 0.15) is 12.4 Å². The molecule has 1 fully saturated rings. The highest BCUT2D eigenvalue weighted by Crippen LogP contribution is 2.40. The van der Waals surface area contributed by atoms with Gasteiger partial charge in [-0.15, -0.1) is 0 Å². The van der Waals surface area contributed by atoms with Crippen LogP contribution in [-0.2, 0) is 44.4 Å². The standard InChI is InChI=1S/C28H27ClN2O5/c29-24-11-10-23-22(14-15-30-18-28(23)35-25(32)12-13-26(33)36-28)27(24)31-16-19-6-8-21(9-7-19)34-17-20-4-2-1-3-5-20/h1-11,30-31H,12-18H2. The van der Waals surface area contributed by atoms with Crippen LogP contribution in [-0.4, -0.2) is 25.0 Å². The van der Waals surface area contributed by atoms with Gasteiger partial charge in [-0.3, -0.25) is 9.59 Å². The lowest BCUT2D eigenvalue weighted by Gasteiger charge is -2.32. The highest BCUT2D eigenvalue weighted by molar-refractivity contribution is 6.33. The Balaban J connectivity index is 1.34. The third kappa shape index (κ3) is 5.32. The second-order valence-corrected chi connectivity index (χ2v) is 9.26. The summed E-state index contributed by atoms with van der Waals surface area (Å²) in [6.45, 7) is 1.83. The van der Waals surface area contributed by atoms with E-state index in [1.807, 2.05) is 54.6 Å². The fourth-order valence-corrected chi connectivity index (χ4v) is 4.74. The van der Waals surface area contributed by atoms with E-state index in [1.54, 1.807) is 12.1 Å². The van der Waals surface area contributed by atoms with E-state index in [1.165, 1.54) is 0 Å². The minimum atomic E-state index is -1.50. The zero-order valence-electron chi connectivity index (χ0n) is 19.7. The van der Waals surface area contributed by atoms with Crippen LogP contribution in [0.4, 0.5) is 5.69 Å². The van der Waals surface area contributed by atoms with Crippen molar-refractivity contribution in [2.75, 3.05) is 18.4 Å². The van der Waals surface area contributed by atoms with Crippen LogP contribution in [0.1, 0.15) is 35.1 Å². The first-order valence-corrected chi connectivity index (χ1v) is 12.4. The smallest absolute Gasteiger partial charge is 0.309 e. The molecule has 1 spiro atoms. The fourth-order valence-electron chi connectivity index (χ4n) is 4.50. The van der Waals surface area contributed by atoms with Gasteiger partial charge >= 0.3 is 11.9 Å². The van der Waals surface area contributed by atoms with Gasteiger partial charge in [0.15, 0.2) is 0 Å². The summed E-state index contributed by atoms with van der Waals surface area (Å²) < 4.78 is 17.3. The first-order chi connectivity index (χ1) is 17.5. The molecule has 3 aromatic carbocycles. The second kappa shape index (κ2) is 10.6.